The van der Waals surface area contributed by atoms with Crippen LogP contribution < -0.4 is 5.32 Å². The molecular weight excluding hydrogens is 456 g/mol. The van der Waals surface area contributed by atoms with Crippen LogP contribution in [0.4, 0.5) is 5.13 Å². The van der Waals surface area contributed by atoms with Crippen molar-refractivity contribution in [2.75, 3.05) is 11.9 Å². The smallest absolute Gasteiger partial charge is 0.273 e. The Labute approximate surface area is 208 Å². The molecule has 1 saturated heterocycles. The van der Waals surface area contributed by atoms with Gasteiger partial charge in [-0.15, -0.1) is 11.3 Å². The number of rotatable bonds is 6. The minimum Gasteiger partial charge on any atom is -0.325 e. The number of thiazole rings is 1. The minimum absolute atomic E-state index is 0.200. The van der Waals surface area contributed by atoms with Crippen molar-refractivity contribution in [2.24, 2.45) is 0 Å². The van der Waals surface area contributed by atoms with E-state index in [-0.39, 0.29) is 11.8 Å². The first-order valence-corrected chi connectivity index (χ1v) is 12.6. The molecule has 176 valence electrons. The molecule has 0 unspecified atom stereocenters. The van der Waals surface area contributed by atoms with E-state index in [2.05, 4.69) is 22.4 Å². The molecule has 1 aliphatic rings. The third-order valence-corrected chi connectivity index (χ3v) is 7.10. The number of hydrogen-bond donors (Lipinski definition) is 1. The van der Waals surface area contributed by atoms with Gasteiger partial charge >= 0.3 is 0 Å². The van der Waals surface area contributed by atoms with E-state index < -0.39 is 6.04 Å². The molecule has 0 saturated carbocycles. The number of anilines is 1. The van der Waals surface area contributed by atoms with Gasteiger partial charge in [0.15, 0.2) is 5.13 Å². The number of likely N-dealkylation sites (tertiary alicyclic amines) is 1. The summed E-state index contributed by atoms with van der Waals surface area (Å²) in [4.78, 5) is 38.2. The predicted octanol–water partition coefficient (Wildman–Crippen LogP) is 5.43. The van der Waals surface area contributed by atoms with Crippen molar-refractivity contribution in [1.29, 1.82) is 0 Å². The quantitative estimate of drug-likeness (QED) is 0.398. The lowest BCUT2D eigenvalue weighted by atomic mass is 10.0. The molecule has 0 radical (unpaired) electrons. The number of amides is 2. The van der Waals surface area contributed by atoms with E-state index in [4.69, 9.17) is 4.98 Å². The van der Waals surface area contributed by atoms with Gasteiger partial charge in [0.1, 0.15) is 11.7 Å². The third kappa shape index (κ3) is 5.30. The molecule has 0 bridgehead atoms. The Morgan fingerprint density at radius 3 is 2.43 bits per heavy atom. The second-order valence-electron chi connectivity index (χ2n) is 8.53. The Bertz CT molecular complexity index is 1290. The zero-order valence-electron chi connectivity index (χ0n) is 19.3. The van der Waals surface area contributed by atoms with Gasteiger partial charge in [-0.25, -0.2) is 4.98 Å². The Balaban J connectivity index is 1.39. The van der Waals surface area contributed by atoms with Gasteiger partial charge < -0.3 is 10.2 Å². The lowest BCUT2D eigenvalue weighted by molar-refractivity contribution is -0.121. The maximum Gasteiger partial charge on any atom is 0.273 e. The molecule has 2 amide bonds. The van der Waals surface area contributed by atoms with Crippen molar-refractivity contribution >= 4 is 28.3 Å². The van der Waals surface area contributed by atoms with E-state index in [1.165, 1.54) is 16.9 Å². The van der Waals surface area contributed by atoms with Crippen LogP contribution in [0.5, 0.6) is 0 Å². The van der Waals surface area contributed by atoms with E-state index in [0.717, 1.165) is 35.4 Å². The molecule has 4 aromatic rings. The van der Waals surface area contributed by atoms with Gasteiger partial charge in [-0.2, -0.15) is 0 Å². The molecule has 0 aliphatic carbocycles. The van der Waals surface area contributed by atoms with Gasteiger partial charge in [0.25, 0.3) is 5.91 Å². The molecule has 1 fully saturated rings. The normalized spacial score (nSPS) is 15.5. The number of piperidine rings is 1. The fourth-order valence-electron chi connectivity index (χ4n) is 4.40. The molecule has 1 aliphatic heterocycles. The average molecular weight is 483 g/mol. The largest absolute Gasteiger partial charge is 0.325 e. The molecule has 7 heteroatoms. The SMILES string of the molecule is O=C(Nc1nc(-c2ccccc2)c(Cc2ccccc2)s1)[C@H]1CCCCN1C(=O)c1ccccn1. The molecule has 3 heterocycles. The summed E-state index contributed by atoms with van der Waals surface area (Å²) in [5.74, 6) is -0.409. The van der Waals surface area contributed by atoms with Crippen molar-refractivity contribution < 1.29 is 9.59 Å². The Kier molecular flexibility index (Phi) is 6.95. The summed E-state index contributed by atoms with van der Waals surface area (Å²) >= 11 is 1.49. The third-order valence-electron chi connectivity index (χ3n) is 6.13. The van der Waals surface area contributed by atoms with Gasteiger partial charge in [-0.05, 0) is 37.0 Å². The van der Waals surface area contributed by atoms with Crippen molar-refractivity contribution in [1.82, 2.24) is 14.9 Å². The van der Waals surface area contributed by atoms with Crippen LogP contribution >= 0.6 is 11.3 Å². The highest BCUT2D eigenvalue weighted by Crippen LogP contribution is 2.33. The van der Waals surface area contributed by atoms with Gasteiger partial charge in [0.05, 0.1) is 5.69 Å². The Hall–Kier alpha value is -3.84. The highest BCUT2D eigenvalue weighted by molar-refractivity contribution is 7.16. The second kappa shape index (κ2) is 10.6. The summed E-state index contributed by atoms with van der Waals surface area (Å²) < 4.78 is 0. The van der Waals surface area contributed by atoms with Crippen LogP contribution in [0.3, 0.4) is 0 Å². The summed E-state index contributed by atoms with van der Waals surface area (Å²) in [5.41, 5.74) is 3.43. The Morgan fingerprint density at radius 2 is 1.69 bits per heavy atom. The van der Waals surface area contributed by atoms with Gasteiger partial charge in [0, 0.05) is 29.6 Å². The number of aromatic nitrogens is 2. The van der Waals surface area contributed by atoms with Crippen LogP contribution in [0.1, 0.15) is 40.2 Å². The summed E-state index contributed by atoms with van der Waals surface area (Å²) in [6.45, 7) is 0.542. The van der Waals surface area contributed by atoms with Crippen LogP contribution in [0.25, 0.3) is 11.3 Å². The minimum atomic E-state index is -0.542. The first-order chi connectivity index (χ1) is 17.2. The van der Waals surface area contributed by atoms with E-state index in [0.29, 0.717) is 23.8 Å². The van der Waals surface area contributed by atoms with Gasteiger partial charge in [0.2, 0.25) is 5.91 Å². The van der Waals surface area contributed by atoms with Gasteiger partial charge in [-0.3, -0.25) is 14.6 Å². The molecule has 6 nitrogen and oxygen atoms in total. The number of nitrogens with zero attached hydrogens (tertiary/aromatic N) is 3. The summed E-state index contributed by atoms with van der Waals surface area (Å²) in [6, 6.07) is 25.0. The summed E-state index contributed by atoms with van der Waals surface area (Å²) in [5, 5.41) is 3.57. The lowest BCUT2D eigenvalue weighted by Crippen LogP contribution is -2.50. The van der Waals surface area contributed by atoms with Crippen LogP contribution in [0.2, 0.25) is 0 Å². The molecule has 2 aromatic carbocycles. The number of carbonyl (C=O) groups is 2. The highest BCUT2D eigenvalue weighted by atomic mass is 32.1. The number of carbonyl (C=O) groups excluding carboxylic acids is 2. The van der Waals surface area contributed by atoms with Crippen molar-refractivity contribution in [3.63, 3.8) is 0 Å². The number of hydrogen-bond acceptors (Lipinski definition) is 5. The van der Waals surface area contributed by atoms with E-state index >= 15 is 0 Å². The first-order valence-electron chi connectivity index (χ1n) is 11.8. The monoisotopic (exact) mass is 482 g/mol. The van der Waals surface area contributed by atoms with Crippen molar-refractivity contribution in [2.45, 2.75) is 31.7 Å². The summed E-state index contributed by atoms with van der Waals surface area (Å²) in [6.07, 6.45) is 4.72. The molecule has 1 atom stereocenters. The topological polar surface area (TPSA) is 75.2 Å². The first kappa shape index (κ1) is 22.9. The zero-order chi connectivity index (χ0) is 24.0. The average Bonchev–Trinajstić information content (AvgIpc) is 3.31. The number of nitrogens with one attached hydrogen (secondary N) is 1. The predicted molar refractivity (Wildman–Crippen MR) is 138 cm³/mol. The molecular formula is C28H26N4O2S. The van der Waals surface area contributed by atoms with Crippen molar-refractivity contribution in [3.05, 3.63) is 101 Å². The molecule has 1 N–H and O–H groups in total. The van der Waals surface area contributed by atoms with E-state index in [1.54, 1.807) is 29.3 Å². The number of benzene rings is 2. The molecule has 5 rings (SSSR count). The fourth-order valence-corrected chi connectivity index (χ4v) is 5.42. The maximum atomic E-state index is 13.4. The van der Waals surface area contributed by atoms with E-state index in [9.17, 15) is 9.59 Å². The zero-order valence-corrected chi connectivity index (χ0v) is 20.1. The van der Waals surface area contributed by atoms with Crippen LogP contribution in [0, 0.1) is 0 Å². The van der Waals surface area contributed by atoms with Crippen LogP contribution in [0.15, 0.2) is 85.1 Å². The molecule has 0 spiro atoms. The van der Waals surface area contributed by atoms with E-state index in [1.807, 2.05) is 48.5 Å². The van der Waals surface area contributed by atoms with Gasteiger partial charge in [-0.1, -0.05) is 66.7 Å². The second-order valence-corrected chi connectivity index (χ2v) is 9.62. The molecule has 35 heavy (non-hydrogen) atoms. The van der Waals surface area contributed by atoms with Crippen LogP contribution in [-0.4, -0.2) is 39.3 Å². The maximum absolute atomic E-state index is 13.4. The summed E-state index contributed by atoms with van der Waals surface area (Å²) in [7, 11) is 0. The lowest BCUT2D eigenvalue weighted by Gasteiger charge is -2.34. The highest BCUT2D eigenvalue weighted by Gasteiger charge is 2.33. The Morgan fingerprint density at radius 1 is 0.943 bits per heavy atom. The van der Waals surface area contributed by atoms with Crippen molar-refractivity contribution in [3.8, 4) is 11.3 Å². The van der Waals surface area contributed by atoms with Crippen LogP contribution in [-0.2, 0) is 11.2 Å². The molecule has 2 aromatic heterocycles. The standard InChI is InChI=1S/C28H26N4O2S/c33-26(23-16-8-10-18-32(23)27(34)22-15-7-9-17-29-22)31-28-30-25(21-13-5-2-6-14-21)24(35-28)19-20-11-3-1-4-12-20/h1-7,9,11-15,17,23H,8,10,16,18-19H2,(H,30,31,33)/t23-/m1/s1. The fraction of sp³-hybridized carbons (Fsp3) is 0.214. The number of pyridine rings is 1.